The van der Waals surface area contributed by atoms with E-state index < -0.39 is 35.9 Å². The van der Waals surface area contributed by atoms with Crippen LogP contribution in [0, 0.1) is 0 Å². The van der Waals surface area contributed by atoms with Crippen LogP contribution in [0.15, 0.2) is 24.3 Å². The molecule has 0 radical (unpaired) electrons. The SMILES string of the molecule is COc1ccc(N2C(=O)[C@H](NC(=O)O)[C@@H]2CON2C(=O)CCC2=O)cc1. The molecular weight excluding hydrogens is 346 g/mol. The number of methoxy groups -OCH3 is 1. The molecule has 2 saturated heterocycles. The first-order valence-corrected chi connectivity index (χ1v) is 7.87. The zero-order valence-electron chi connectivity index (χ0n) is 13.9. The van der Waals surface area contributed by atoms with Gasteiger partial charge < -0.3 is 20.1 Å². The Hall–Kier alpha value is -3.14. The molecule has 3 rings (SSSR count). The Labute approximate surface area is 148 Å². The number of nitrogens with one attached hydrogen (secondary N) is 1. The van der Waals surface area contributed by atoms with Crippen LogP contribution in [0.3, 0.4) is 0 Å². The summed E-state index contributed by atoms with van der Waals surface area (Å²) in [6.45, 7) is -0.208. The summed E-state index contributed by atoms with van der Waals surface area (Å²) in [6.07, 6.45) is -1.21. The van der Waals surface area contributed by atoms with E-state index in [-0.39, 0.29) is 19.4 Å². The third-order valence-corrected chi connectivity index (χ3v) is 4.23. The van der Waals surface area contributed by atoms with Gasteiger partial charge in [0.2, 0.25) is 0 Å². The van der Waals surface area contributed by atoms with Crippen molar-refractivity contribution in [2.24, 2.45) is 0 Å². The summed E-state index contributed by atoms with van der Waals surface area (Å²) in [5.41, 5.74) is 0.520. The number of ether oxygens (including phenoxy) is 1. The molecule has 2 atom stereocenters. The van der Waals surface area contributed by atoms with E-state index in [2.05, 4.69) is 5.32 Å². The van der Waals surface area contributed by atoms with Crippen LogP contribution in [0.5, 0.6) is 5.75 Å². The molecule has 2 fully saturated rings. The van der Waals surface area contributed by atoms with E-state index in [1.165, 1.54) is 12.0 Å². The molecule has 138 valence electrons. The molecule has 10 nitrogen and oxygen atoms in total. The summed E-state index contributed by atoms with van der Waals surface area (Å²) < 4.78 is 5.07. The molecule has 26 heavy (non-hydrogen) atoms. The molecule has 2 heterocycles. The van der Waals surface area contributed by atoms with Crippen LogP contribution in [0.2, 0.25) is 0 Å². The minimum absolute atomic E-state index is 0.0709. The van der Waals surface area contributed by atoms with Crippen LogP contribution in [-0.4, -0.2) is 59.8 Å². The van der Waals surface area contributed by atoms with Gasteiger partial charge in [-0.1, -0.05) is 0 Å². The summed E-state index contributed by atoms with van der Waals surface area (Å²) >= 11 is 0. The second-order valence-corrected chi connectivity index (χ2v) is 5.78. The topological polar surface area (TPSA) is 125 Å². The molecule has 0 saturated carbocycles. The van der Waals surface area contributed by atoms with Crippen LogP contribution in [0.25, 0.3) is 0 Å². The predicted octanol–water partition coefficient (Wildman–Crippen LogP) is 0.127. The van der Waals surface area contributed by atoms with Gasteiger partial charge in [-0.3, -0.25) is 19.2 Å². The Morgan fingerprint density at radius 2 is 1.81 bits per heavy atom. The molecule has 0 unspecified atom stereocenters. The molecule has 0 aromatic heterocycles. The number of carbonyl (C=O) groups excluding carboxylic acids is 3. The van der Waals surface area contributed by atoms with Crippen molar-refractivity contribution in [1.82, 2.24) is 10.4 Å². The maximum Gasteiger partial charge on any atom is 0.405 e. The first-order chi connectivity index (χ1) is 12.4. The van der Waals surface area contributed by atoms with E-state index in [9.17, 15) is 19.2 Å². The first-order valence-electron chi connectivity index (χ1n) is 7.87. The lowest BCUT2D eigenvalue weighted by atomic mass is 9.94. The number of anilines is 1. The molecule has 2 aliphatic heterocycles. The van der Waals surface area contributed by atoms with Crippen molar-refractivity contribution in [3.63, 3.8) is 0 Å². The van der Waals surface area contributed by atoms with Crippen molar-refractivity contribution in [1.29, 1.82) is 0 Å². The molecular formula is C16H17N3O7. The highest BCUT2D eigenvalue weighted by atomic mass is 16.7. The number of hydrogen-bond donors (Lipinski definition) is 2. The van der Waals surface area contributed by atoms with Crippen LogP contribution in [0.1, 0.15) is 12.8 Å². The van der Waals surface area contributed by atoms with Gasteiger partial charge in [-0.15, -0.1) is 0 Å². The van der Waals surface area contributed by atoms with Crippen LogP contribution < -0.4 is 15.0 Å². The van der Waals surface area contributed by atoms with E-state index in [4.69, 9.17) is 14.7 Å². The van der Waals surface area contributed by atoms with Crippen molar-refractivity contribution in [2.75, 3.05) is 18.6 Å². The summed E-state index contributed by atoms with van der Waals surface area (Å²) in [7, 11) is 1.51. The molecule has 1 aromatic rings. The average molecular weight is 363 g/mol. The van der Waals surface area contributed by atoms with Crippen molar-refractivity contribution in [2.45, 2.75) is 24.9 Å². The predicted molar refractivity (Wildman–Crippen MR) is 86.3 cm³/mol. The van der Waals surface area contributed by atoms with Crippen molar-refractivity contribution in [3.05, 3.63) is 24.3 Å². The lowest BCUT2D eigenvalue weighted by molar-refractivity contribution is -0.190. The largest absolute Gasteiger partial charge is 0.497 e. The van der Waals surface area contributed by atoms with Crippen molar-refractivity contribution in [3.8, 4) is 5.75 Å². The Morgan fingerprint density at radius 1 is 1.19 bits per heavy atom. The van der Waals surface area contributed by atoms with E-state index >= 15 is 0 Å². The minimum atomic E-state index is -1.35. The highest BCUT2D eigenvalue weighted by molar-refractivity contribution is 6.07. The number of hydrogen-bond acceptors (Lipinski definition) is 6. The van der Waals surface area contributed by atoms with Gasteiger partial charge in [0.25, 0.3) is 17.7 Å². The van der Waals surface area contributed by atoms with Gasteiger partial charge in [0.15, 0.2) is 0 Å². The monoisotopic (exact) mass is 363 g/mol. The lowest BCUT2D eigenvalue weighted by Crippen LogP contribution is -2.72. The number of carboxylic acid groups (broad SMARTS) is 1. The zero-order valence-corrected chi connectivity index (χ0v) is 13.9. The number of benzene rings is 1. The second-order valence-electron chi connectivity index (χ2n) is 5.78. The fourth-order valence-corrected chi connectivity index (χ4v) is 2.92. The second kappa shape index (κ2) is 7.00. The van der Waals surface area contributed by atoms with Gasteiger partial charge in [-0.05, 0) is 24.3 Å². The molecule has 1 aromatic carbocycles. The van der Waals surface area contributed by atoms with Crippen LogP contribution in [-0.2, 0) is 19.2 Å². The van der Waals surface area contributed by atoms with Gasteiger partial charge >= 0.3 is 6.09 Å². The summed E-state index contributed by atoms with van der Waals surface area (Å²) in [4.78, 5) is 53.2. The standard InChI is InChI=1S/C16H17N3O7/c1-25-10-4-2-9(3-5-10)18-11(14(15(18)22)17-16(23)24)8-26-19-12(20)6-7-13(19)21/h2-5,11,14,17H,6-8H2,1H3,(H,23,24)/t11-,14+/m0/s1. The minimum Gasteiger partial charge on any atom is -0.497 e. The number of amides is 4. The molecule has 0 bridgehead atoms. The average Bonchev–Trinajstić information content (AvgIpc) is 2.94. The van der Waals surface area contributed by atoms with E-state index in [0.717, 1.165) is 0 Å². The smallest absolute Gasteiger partial charge is 0.405 e. The van der Waals surface area contributed by atoms with Crippen molar-refractivity contribution >= 4 is 29.5 Å². The zero-order chi connectivity index (χ0) is 18.8. The molecule has 4 amide bonds. The number of nitrogens with zero attached hydrogens (tertiary/aromatic N) is 2. The molecule has 10 heteroatoms. The molecule has 2 aliphatic rings. The molecule has 0 spiro atoms. The quantitative estimate of drug-likeness (QED) is 0.543. The van der Waals surface area contributed by atoms with E-state index in [1.807, 2.05) is 0 Å². The highest BCUT2D eigenvalue weighted by Gasteiger charge is 2.50. The third kappa shape index (κ3) is 3.18. The van der Waals surface area contributed by atoms with Gasteiger partial charge in [0.05, 0.1) is 19.8 Å². The summed E-state index contributed by atoms with van der Waals surface area (Å²) in [5.74, 6) is -0.771. The Balaban J connectivity index is 1.75. The van der Waals surface area contributed by atoms with Crippen LogP contribution in [0.4, 0.5) is 10.5 Å². The summed E-state index contributed by atoms with van der Waals surface area (Å²) in [5, 5.41) is 11.7. The number of β-lactam (4-membered cyclic amide) rings is 1. The maximum atomic E-state index is 12.4. The Morgan fingerprint density at radius 3 is 2.35 bits per heavy atom. The van der Waals surface area contributed by atoms with Gasteiger partial charge in [0, 0.05) is 18.5 Å². The Kier molecular flexibility index (Phi) is 4.76. The van der Waals surface area contributed by atoms with Gasteiger partial charge in [-0.2, -0.15) is 5.06 Å². The molecule has 0 aliphatic carbocycles. The van der Waals surface area contributed by atoms with Crippen molar-refractivity contribution < 1.29 is 33.9 Å². The fourth-order valence-electron chi connectivity index (χ4n) is 2.92. The number of imide groups is 1. The highest BCUT2D eigenvalue weighted by Crippen LogP contribution is 2.30. The molecule has 2 N–H and O–H groups in total. The first kappa shape index (κ1) is 17.7. The third-order valence-electron chi connectivity index (χ3n) is 4.23. The summed E-state index contributed by atoms with van der Waals surface area (Å²) in [6, 6.07) is 4.88. The Bertz CT molecular complexity index is 733. The van der Waals surface area contributed by atoms with Gasteiger partial charge in [-0.25, -0.2) is 4.79 Å². The fraction of sp³-hybridized carbons (Fsp3) is 0.375. The number of carbonyl (C=O) groups is 4. The van der Waals surface area contributed by atoms with E-state index in [1.54, 1.807) is 24.3 Å². The van der Waals surface area contributed by atoms with Gasteiger partial charge in [0.1, 0.15) is 11.8 Å². The maximum absolute atomic E-state index is 12.4. The lowest BCUT2D eigenvalue weighted by Gasteiger charge is -2.46. The normalized spacial score (nSPS) is 22.4. The number of rotatable bonds is 6. The van der Waals surface area contributed by atoms with Crippen LogP contribution >= 0.6 is 0 Å². The van der Waals surface area contributed by atoms with E-state index in [0.29, 0.717) is 16.5 Å². The number of hydroxylamine groups is 2.